The molecule has 0 bridgehead atoms. The van der Waals surface area contributed by atoms with Crippen LogP contribution in [0.2, 0.25) is 0 Å². The standard InChI is InChI=1S/C18H21FN2O2/c1-12-17(13(2)23-20-12)18(22)21-10-4-3-5-15(11-21)14-6-8-16(19)9-7-14/h6-9,15H,3-5,10-11H2,1-2H3. The maximum absolute atomic E-state index is 13.1. The lowest BCUT2D eigenvalue weighted by Gasteiger charge is -2.24. The Hall–Kier alpha value is -2.17. The molecule has 0 radical (unpaired) electrons. The summed E-state index contributed by atoms with van der Waals surface area (Å²) in [6.45, 7) is 4.94. The van der Waals surface area contributed by atoms with Crippen molar-refractivity contribution in [1.29, 1.82) is 0 Å². The highest BCUT2D eigenvalue weighted by molar-refractivity contribution is 5.96. The second-order valence-electron chi connectivity index (χ2n) is 6.19. The molecule has 0 saturated carbocycles. The van der Waals surface area contributed by atoms with Crippen LogP contribution in [-0.2, 0) is 0 Å². The maximum atomic E-state index is 13.1. The number of hydrogen-bond donors (Lipinski definition) is 0. The quantitative estimate of drug-likeness (QED) is 0.845. The van der Waals surface area contributed by atoms with E-state index in [0.29, 0.717) is 23.6 Å². The number of aromatic nitrogens is 1. The first-order valence-corrected chi connectivity index (χ1v) is 8.04. The van der Waals surface area contributed by atoms with Crippen LogP contribution in [0.4, 0.5) is 4.39 Å². The lowest BCUT2D eigenvalue weighted by atomic mass is 9.94. The van der Waals surface area contributed by atoms with Crippen LogP contribution >= 0.6 is 0 Å². The molecule has 1 aliphatic rings. The van der Waals surface area contributed by atoms with E-state index < -0.39 is 0 Å². The van der Waals surface area contributed by atoms with Crippen molar-refractivity contribution in [3.63, 3.8) is 0 Å². The summed E-state index contributed by atoms with van der Waals surface area (Å²) >= 11 is 0. The Kier molecular flexibility index (Phi) is 4.46. The molecule has 1 aromatic carbocycles. The molecule has 3 rings (SSSR count). The van der Waals surface area contributed by atoms with Gasteiger partial charge in [-0.05, 0) is 44.4 Å². The van der Waals surface area contributed by atoms with Crippen molar-refractivity contribution in [2.24, 2.45) is 0 Å². The van der Waals surface area contributed by atoms with E-state index in [0.717, 1.165) is 31.4 Å². The molecule has 1 saturated heterocycles. The summed E-state index contributed by atoms with van der Waals surface area (Å²) in [6.07, 6.45) is 3.05. The largest absolute Gasteiger partial charge is 0.361 e. The van der Waals surface area contributed by atoms with E-state index in [2.05, 4.69) is 5.16 Å². The molecule has 0 spiro atoms. The van der Waals surface area contributed by atoms with E-state index in [9.17, 15) is 9.18 Å². The van der Waals surface area contributed by atoms with Gasteiger partial charge in [-0.15, -0.1) is 0 Å². The molecule has 1 amide bonds. The fraction of sp³-hybridized carbons (Fsp3) is 0.444. The zero-order valence-electron chi connectivity index (χ0n) is 13.5. The van der Waals surface area contributed by atoms with Gasteiger partial charge in [-0.1, -0.05) is 23.7 Å². The zero-order valence-corrected chi connectivity index (χ0v) is 13.5. The van der Waals surface area contributed by atoms with Crippen LogP contribution in [0.5, 0.6) is 0 Å². The molecule has 5 heteroatoms. The first-order chi connectivity index (χ1) is 11.1. The van der Waals surface area contributed by atoms with Crippen LogP contribution in [0.15, 0.2) is 28.8 Å². The first-order valence-electron chi connectivity index (χ1n) is 8.04. The molecule has 1 unspecified atom stereocenters. The summed E-state index contributed by atoms with van der Waals surface area (Å²) in [5.74, 6) is 0.555. The lowest BCUT2D eigenvalue weighted by molar-refractivity contribution is 0.0752. The molecule has 0 N–H and O–H groups in total. The fourth-order valence-electron chi connectivity index (χ4n) is 3.28. The number of nitrogens with zero attached hydrogens (tertiary/aromatic N) is 2. The summed E-state index contributed by atoms with van der Waals surface area (Å²) in [6, 6.07) is 6.62. The number of carbonyl (C=O) groups is 1. The van der Waals surface area contributed by atoms with Gasteiger partial charge in [0.2, 0.25) is 0 Å². The van der Waals surface area contributed by atoms with Crippen molar-refractivity contribution in [3.05, 3.63) is 52.7 Å². The van der Waals surface area contributed by atoms with Crippen LogP contribution in [0.1, 0.15) is 52.6 Å². The summed E-state index contributed by atoms with van der Waals surface area (Å²) in [5, 5.41) is 3.88. The molecule has 1 atom stereocenters. The first kappa shape index (κ1) is 15.7. The monoisotopic (exact) mass is 316 g/mol. The number of rotatable bonds is 2. The Balaban J connectivity index is 1.82. The van der Waals surface area contributed by atoms with E-state index in [4.69, 9.17) is 4.52 Å². The number of carbonyl (C=O) groups excluding carboxylic acids is 1. The fourth-order valence-corrected chi connectivity index (χ4v) is 3.28. The molecule has 1 fully saturated rings. The number of halogens is 1. The van der Waals surface area contributed by atoms with Crippen molar-refractivity contribution in [2.45, 2.75) is 39.0 Å². The highest BCUT2D eigenvalue weighted by atomic mass is 19.1. The smallest absolute Gasteiger partial charge is 0.259 e. The predicted octanol–water partition coefficient (Wildman–Crippen LogP) is 3.84. The Morgan fingerprint density at radius 3 is 2.65 bits per heavy atom. The number of aryl methyl sites for hydroxylation is 2. The summed E-state index contributed by atoms with van der Waals surface area (Å²) in [5.41, 5.74) is 2.30. The third-order valence-electron chi connectivity index (χ3n) is 4.55. The molecular weight excluding hydrogens is 295 g/mol. The molecule has 1 aliphatic heterocycles. The third kappa shape index (κ3) is 3.28. The topological polar surface area (TPSA) is 46.3 Å². The number of hydrogen-bond acceptors (Lipinski definition) is 3. The van der Waals surface area contributed by atoms with E-state index in [-0.39, 0.29) is 17.6 Å². The van der Waals surface area contributed by atoms with E-state index >= 15 is 0 Å². The third-order valence-corrected chi connectivity index (χ3v) is 4.55. The molecule has 2 aromatic rings. The average Bonchev–Trinajstić information content (AvgIpc) is 2.76. The van der Waals surface area contributed by atoms with Gasteiger partial charge < -0.3 is 9.42 Å². The van der Waals surface area contributed by atoms with Gasteiger partial charge in [0.25, 0.3) is 5.91 Å². The number of likely N-dealkylation sites (tertiary alicyclic amines) is 1. The average molecular weight is 316 g/mol. The lowest BCUT2D eigenvalue weighted by Crippen LogP contribution is -2.34. The second-order valence-corrected chi connectivity index (χ2v) is 6.19. The van der Waals surface area contributed by atoms with Crippen molar-refractivity contribution < 1.29 is 13.7 Å². The summed E-state index contributed by atoms with van der Waals surface area (Å²) in [4.78, 5) is 14.7. The Bertz CT molecular complexity index is 674. The van der Waals surface area contributed by atoms with Crippen LogP contribution in [0, 0.1) is 19.7 Å². The van der Waals surface area contributed by atoms with Crippen molar-refractivity contribution in [2.75, 3.05) is 13.1 Å². The minimum Gasteiger partial charge on any atom is -0.361 e. The summed E-state index contributed by atoms with van der Waals surface area (Å²) < 4.78 is 18.3. The predicted molar refractivity (Wildman–Crippen MR) is 84.9 cm³/mol. The Labute approximate surface area is 135 Å². The van der Waals surface area contributed by atoms with Crippen molar-refractivity contribution in [3.8, 4) is 0 Å². The number of benzene rings is 1. The second kappa shape index (κ2) is 6.52. The van der Waals surface area contributed by atoms with Crippen LogP contribution in [-0.4, -0.2) is 29.1 Å². The molecule has 2 heterocycles. The molecule has 23 heavy (non-hydrogen) atoms. The molecule has 0 aliphatic carbocycles. The van der Waals surface area contributed by atoms with Gasteiger partial charge in [-0.2, -0.15) is 0 Å². The SMILES string of the molecule is Cc1noc(C)c1C(=O)N1CCCCC(c2ccc(F)cc2)C1. The van der Waals surface area contributed by atoms with Crippen LogP contribution in [0.25, 0.3) is 0 Å². The molecule has 1 aromatic heterocycles. The van der Waals surface area contributed by atoms with Gasteiger partial charge in [-0.25, -0.2) is 4.39 Å². The Morgan fingerprint density at radius 2 is 2.00 bits per heavy atom. The van der Waals surface area contributed by atoms with Gasteiger partial charge >= 0.3 is 0 Å². The summed E-state index contributed by atoms with van der Waals surface area (Å²) in [7, 11) is 0. The maximum Gasteiger partial charge on any atom is 0.259 e. The number of amides is 1. The highest BCUT2D eigenvalue weighted by Gasteiger charge is 2.27. The van der Waals surface area contributed by atoms with E-state index in [1.54, 1.807) is 13.8 Å². The Morgan fingerprint density at radius 1 is 1.26 bits per heavy atom. The van der Waals surface area contributed by atoms with Gasteiger partial charge in [0.05, 0.1) is 5.69 Å². The normalized spacial score (nSPS) is 18.7. The highest BCUT2D eigenvalue weighted by Crippen LogP contribution is 2.28. The van der Waals surface area contributed by atoms with Gasteiger partial charge in [-0.3, -0.25) is 4.79 Å². The van der Waals surface area contributed by atoms with Crippen molar-refractivity contribution >= 4 is 5.91 Å². The minimum absolute atomic E-state index is 0.0183. The van der Waals surface area contributed by atoms with Gasteiger partial charge in [0.15, 0.2) is 0 Å². The van der Waals surface area contributed by atoms with Crippen LogP contribution in [0.3, 0.4) is 0 Å². The van der Waals surface area contributed by atoms with E-state index in [1.165, 1.54) is 12.1 Å². The van der Waals surface area contributed by atoms with Gasteiger partial charge in [0, 0.05) is 19.0 Å². The van der Waals surface area contributed by atoms with Crippen molar-refractivity contribution in [1.82, 2.24) is 10.1 Å². The minimum atomic E-state index is -0.231. The van der Waals surface area contributed by atoms with Gasteiger partial charge in [0.1, 0.15) is 17.1 Å². The van der Waals surface area contributed by atoms with Crippen LogP contribution < -0.4 is 0 Å². The zero-order chi connectivity index (χ0) is 16.4. The molecule has 122 valence electrons. The molecular formula is C18H21FN2O2. The van der Waals surface area contributed by atoms with E-state index in [1.807, 2.05) is 17.0 Å². The molecule has 4 nitrogen and oxygen atoms in total.